The molecule has 1 atom stereocenters. The second-order valence-electron chi connectivity index (χ2n) is 5.07. The maximum absolute atomic E-state index is 12.3. The average Bonchev–Trinajstić information content (AvgIpc) is 2.46. The fourth-order valence-electron chi connectivity index (χ4n) is 2.35. The van der Waals surface area contributed by atoms with Gasteiger partial charge in [-0.1, -0.05) is 30.3 Å². The third-order valence-electron chi connectivity index (χ3n) is 3.53. The van der Waals surface area contributed by atoms with Crippen LogP contribution < -0.4 is 10.9 Å². The zero-order chi connectivity index (χ0) is 15.5. The summed E-state index contributed by atoms with van der Waals surface area (Å²) >= 11 is 0. The summed E-state index contributed by atoms with van der Waals surface area (Å²) in [5, 5.41) is 5.06. The number of nitrogens with zero attached hydrogens (tertiary/aromatic N) is 2. The SMILES string of the molecule is NC(Cc1ccccc1)C(=O)N1CCN(S(N)(=O)=O)CC1. The van der Waals surface area contributed by atoms with E-state index in [1.807, 2.05) is 30.3 Å². The maximum Gasteiger partial charge on any atom is 0.277 e. The lowest BCUT2D eigenvalue weighted by molar-refractivity contribution is -0.133. The van der Waals surface area contributed by atoms with E-state index in [0.717, 1.165) is 5.56 Å². The first kappa shape index (κ1) is 15.9. The highest BCUT2D eigenvalue weighted by Gasteiger charge is 2.28. The molecule has 1 amide bonds. The summed E-state index contributed by atoms with van der Waals surface area (Å²) < 4.78 is 23.6. The van der Waals surface area contributed by atoms with Gasteiger partial charge in [0.25, 0.3) is 10.2 Å². The number of benzene rings is 1. The van der Waals surface area contributed by atoms with Crippen LogP contribution in [0.4, 0.5) is 0 Å². The summed E-state index contributed by atoms with van der Waals surface area (Å²) in [4.78, 5) is 13.9. The normalized spacial score (nSPS) is 18.5. The highest BCUT2D eigenvalue weighted by molar-refractivity contribution is 7.86. The third-order valence-corrected chi connectivity index (χ3v) is 4.61. The number of hydrogen-bond acceptors (Lipinski definition) is 4. The Bertz CT molecular complexity index is 583. The van der Waals surface area contributed by atoms with Crippen LogP contribution in [0.3, 0.4) is 0 Å². The van der Waals surface area contributed by atoms with Crippen molar-refractivity contribution in [3.63, 3.8) is 0 Å². The molecule has 1 heterocycles. The lowest BCUT2D eigenvalue weighted by atomic mass is 10.1. The molecule has 2 rings (SSSR count). The van der Waals surface area contributed by atoms with Crippen LogP contribution in [0.15, 0.2) is 30.3 Å². The molecule has 1 aromatic rings. The van der Waals surface area contributed by atoms with Crippen molar-refractivity contribution in [2.75, 3.05) is 26.2 Å². The van der Waals surface area contributed by atoms with Crippen molar-refractivity contribution in [2.24, 2.45) is 10.9 Å². The number of carbonyl (C=O) groups is 1. The van der Waals surface area contributed by atoms with Gasteiger partial charge in [0.2, 0.25) is 5.91 Å². The van der Waals surface area contributed by atoms with E-state index in [9.17, 15) is 13.2 Å². The van der Waals surface area contributed by atoms with Gasteiger partial charge in [0, 0.05) is 26.2 Å². The first-order valence-electron chi connectivity index (χ1n) is 6.74. The van der Waals surface area contributed by atoms with Gasteiger partial charge in [-0.25, -0.2) is 5.14 Å². The standard InChI is InChI=1S/C13H20N4O3S/c14-12(10-11-4-2-1-3-5-11)13(18)16-6-8-17(9-7-16)21(15,19)20/h1-5,12H,6-10,14H2,(H2,15,19,20). The van der Waals surface area contributed by atoms with Gasteiger partial charge in [-0.2, -0.15) is 12.7 Å². The second-order valence-corrected chi connectivity index (χ2v) is 6.61. The Balaban J connectivity index is 1.90. The van der Waals surface area contributed by atoms with E-state index in [0.29, 0.717) is 19.5 Å². The Morgan fingerprint density at radius 1 is 1.14 bits per heavy atom. The molecule has 0 saturated carbocycles. The number of nitrogens with two attached hydrogens (primary N) is 2. The molecule has 21 heavy (non-hydrogen) atoms. The minimum Gasteiger partial charge on any atom is -0.339 e. The highest BCUT2D eigenvalue weighted by Crippen LogP contribution is 2.08. The summed E-state index contributed by atoms with van der Waals surface area (Å²) in [7, 11) is -3.68. The molecule has 1 saturated heterocycles. The maximum atomic E-state index is 12.3. The average molecular weight is 312 g/mol. The van der Waals surface area contributed by atoms with Gasteiger partial charge in [0.05, 0.1) is 6.04 Å². The second kappa shape index (κ2) is 6.52. The number of amides is 1. The molecule has 1 aromatic carbocycles. The summed E-state index contributed by atoms with van der Waals surface area (Å²) in [6.07, 6.45) is 0.467. The lowest BCUT2D eigenvalue weighted by Gasteiger charge is -2.34. The molecule has 7 nitrogen and oxygen atoms in total. The van der Waals surface area contributed by atoms with Crippen LogP contribution >= 0.6 is 0 Å². The van der Waals surface area contributed by atoms with Crippen LogP contribution in [0.5, 0.6) is 0 Å². The smallest absolute Gasteiger partial charge is 0.277 e. The van der Waals surface area contributed by atoms with Gasteiger partial charge < -0.3 is 10.6 Å². The van der Waals surface area contributed by atoms with E-state index in [-0.39, 0.29) is 19.0 Å². The van der Waals surface area contributed by atoms with E-state index >= 15 is 0 Å². The Morgan fingerprint density at radius 3 is 2.24 bits per heavy atom. The van der Waals surface area contributed by atoms with Crippen molar-refractivity contribution >= 4 is 16.1 Å². The van der Waals surface area contributed by atoms with Gasteiger partial charge in [0.15, 0.2) is 0 Å². The topological polar surface area (TPSA) is 110 Å². The summed E-state index contributed by atoms with van der Waals surface area (Å²) in [5.41, 5.74) is 6.95. The molecule has 4 N–H and O–H groups in total. The van der Waals surface area contributed by atoms with Gasteiger partial charge in [0.1, 0.15) is 0 Å². The van der Waals surface area contributed by atoms with E-state index in [4.69, 9.17) is 10.9 Å². The molecule has 0 aromatic heterocycles. The van der Waals surface area contributed by atoms with Gasteiger partial charge in [-0.3, -0.25) is 4.79 Å². The zero-order valence-electron chi connectivity index (χ0n) is 11.7. The number of carbonyl (C=O) groups excluding carboxylic acids is 1. The van der Waals surface area contributed by atoms with Crippen LogP contribution in [-0.4, -0.2) is 55.8 Å². The molecule has 1 aliphatic heterocycles. The minimum atomic E-state index is -3.68. The van der Waals surface area contributed by atoms with Crippen molar-refractivity contribution in [1.82, 2.24) is 9.21 Å². The molecule has 1 unspecified atom stereocenters. The van der Waals surface area contributed by atoms with Gasteiger partial charge in [-0.15, -0.1) is 0 Å². The lowest BCUT2D eigenvalue weighted by Crippen LogP contribution is -2.55. The Labute approximate surface area is 124 Å². The number of hydrogen-bond donors (Lipinski definition) is 2. The Hall–Kier alpha value is -1.48. The number of rotatable bonds is 4. The molecule has 1 fully saturated rings. The Morgan fingerprint density at radius 2 is 1.71 bits per heavy atom. The highest BCUT2D eigenvalue weighted by atomic mass is 32.2. The van der Waals surface area contributed by atoms with E-state index in [1.54, 1.807) is 4.90 Å². The summed E-state index contributed by atoms with van der Waals surface area (Å²) in [5.74, 6) is -0.159. The van der Waals surface area contributed by atoms with E-state index in [1.165, 1.54) is 4.31 Å². The van der Waals surface area contributed by atoms with Gasteiger partial charge in [-0.05, 0) is 12.0 Å². The van der Waals surface area contributed by atoms with Crippen LogP contribution in [0.2, 0.25) is 0 Å². The molecular weight excluding hydrogens is 292 g/mol. The molecule has 0 radical (unpaired) electrons. The van der Waals surface area contributed by atoms with Crippen molar-refractivity contribution in [2.45, 2.75) is 12.5 Å². The van der Waals surface area contributed by atoms with Crippen molar-refractivity contribution in [3.8, 4) is 0 Å². The summed E-state index contributed by atoms with van der Waals surface area (Å²) in [6.45, 7) is 1.06. The molecule has 8 heteroatoms. The molecule has 0 bridgehead atoms. The third kappa shape index (κ3) is 4.24. The zero-order valence-corrected chi connectivity index (χ0v) is 12.5. The minimum absolute atomic E-state index is 0.159. The van der Waals surface area contributed by atoms with Crippen molar-refractivity contribution < 1.29 is 13.2 Å². The Kier molecular flexibility index (Phi) is 4.94. The number of piperazine rings is 1. The van der Waals surface area contributed by atoms with Crippen molar-refractivity contribution in [3.05, 3.63) is 35.9 Å². The quantitative estimate of drug-likeness (QED) is 0.735. The van der Waals surface area contributed by atoms with Crippen LogP contribution in [0.25, 0.3) is 0 Å². The van der Waals surface area contributed by atoms with Gasteiger partial charge >= 0.3 is 0 Å². The molecule has 116 valence electrons. The van der Waals surface area contributed by atoms with Crippen LogP contribution in [-0.2, 0) is 21.4 Å². The molecule has 0 spiro atoms. The first-order valence-corrected chi connectivity index (χ1v) is 8.24. The fraction of sp³-hybridized carbons (Fsp3) is 0.462. The summed E-state index contributed by atoms with van der Waals surface area (Å²) in [6, 6.07) is 8.93. The molecule has 1 aliphatic rings. The first-order chi connectivity index (χ1) is 9.88. The molecule has 0 aliphatic carbocycles. The van der Waals surface area contributed by atoms with Crippen molar-refractivity contribution in [1.29, 1.82) is 0 Å². The van der Waals surface area contributed by atoms with E-state index in [2.05, 4.69) is 0 Å². The van der Waals surface area contributed by atoms with E-state index < -0.39 is 16.3 Å². The predicted molar refractivity (Wildman–Crippen MR) is 79.4 cm³/mol. The van der Waals surface area contributed by atoms with Crippen LogP contribution in [0.1, 0.15) is 5.56 Å². The predicted octanol–water partition coefficient (Wildman–Crippen LogP) is -1.10. The fourth-order valence-corrected chi connectivity index (χ4v) is 3.03. The monoisotopic (exact) mass is 312 g/mol. The van der Waals surface area contributed by atoms with Crippen LogP contribution in [0, 0.1) is 0 Å². The molecular formula is C13H20N4O3S. The largest absolute Gasteiger partial charge is 0.339 e.